The van der Waals surface area contributed by atoms with Crippen molar-refractivity contribution in [2.75, 3.05) is 6.54 Å². The van der Waals surface area contributed by atoms with Gasteiger partial charge in [0.2, 0.25) is 0 Å². The quantitative estimate of drug-likeness (QED) is 0.527. The highest BCUT2D eigenvalue weighted by Crippen LogP contribution is 2.27. The molecule has 0 atom stereocenters. The lowest BCUT2D eigenvalue weighted by Crippen LogP contribution is -2.15. The van der Waals surface area contributed by atoms with Gasteiger partial charge in [-0.3, -0.25) is 0 Å². The van der Waals surface area contributed by atoms with Crippen LogP contribution in [0, 0.1) is 0 Å². The number of thiazole rings is 1. The average Bonchev–Trinajstić information content (AvgIpc) is 3.02. The number of allylic oxidation sites excluding steroid dienone is 1. The van der Waals surface area contributed by atoms with Crippen molar-refractivity contribution in [3.63, 3.8) is 0 Å². The van der Waals surface area contributed by atoms with Gasteiger partial charge >= 0.3 is 0 Å². The molecule has 22 heavy (non-hydrogen) atoms. The van der Waals surface area contributed by atoms with E-state index < -0.39 is 0 Å². The van der Waals surface area contributed by atoms with Crippen molar-refractivity contribution in [2.24, 2.45) is 0 Å². The predicted octanol–water partition coefficient (Wildman–Crippen LogP) is 5.55. The number of hydrogen-bond acceptors (Lipinski definition) is 3. The highest BCUT2D eigenvalue weighted by molar-refractivity contribution is 9.10. The minimum atomic E-state index is 0.870. The molecule has 3 rings (SSSR count). The Balaban J connectivity index is 1.47. The summed E-state index contributed by atoms with van der Waals surface area (Å²) in [6, 6.07) is 8.41. The SMILES string of the molecule is Brc1ccc(-c2cnc(CNCCC3=CCCCC3)s2)cc1. The highest BCUT2D eigenvalue weighted by Gasteiger charge is 2.06. The summed E-state index contributed by atoms with van der Waals surface area (Å²) in [7, 11) is 0. The summed E-state index contributed by atoms with van der Waals surface area (Å²) in [5.41, 5.74) is 2.87. The second-order valence-electron chi connectivity index (χ2n) is 5.66. The third-order valence-electron chi connectivity index (χ3n) is 3.97. The van der Waals surface area contributed by atoms with Crippen LogP contribution in [0.25, 0.3) is 10.4 Å². The molecule has 0 unspecified atom stereocenters. The zero-order valence-electron chi connectivity index (χ0n) is 12.6. The van der Waals surface area contributed by atoms with Gasteiger partial charge in [0.15, 0.2) is 0 Å². The molecular formula is C18H21BrN2S. The number of rotatable bonds is 6. The van der Waals surface area contributed by atoms with Crippen molar-refractivity contribution in [1.29, 1.82) is 0 Å². The fourth-order valence-corrected chi connectivity index (χ4v) is 3.87. The molecule has 1 N–H and O–H groups in total. The fraction of sp³-hybridized carbons (Fsp3) is 0.389. The van der Waals surface area contributed by atoms with Gasteiger partial charge in [0.25, 0.3) is 0 Å². The van der Waals surface area contributed by atoms with E-state index >= 15 is 0 Å². The molecule has 1 aromatic carbocycles. The van der Waals surface area contributed by atoms with E-state index in [2.05, 4.69) is 56.6 Å². The predicted molar refractivity (Wildman–Crippen MR) is 98.1 cm³/mol. The maximum atomic E-state index is 4.53. The van der Waals surface area contributed by atoms with Crippen molar-refractivity contribution in [2.45, 2.75) is 38.6 Å². The first-order valence-corrected chi connectivity index (χ1v) is 9.51. The zero-order chi connectivity index (χ0) is 15.2. The monoisotopic (exact) mass is 376 g/mol. The summed E-state index contributed by atoms with van der Waals surface area (Å²) in [6.45, 7) is 1.92. The van der Waals surface area contributed by atoms with Crippen LogP contribution in [0.5, 0.6) is 0 Å². The van der Waals surface area contributed by atoms with Crippen molar-refractivity contribution >= 4 is 27.3 Å². The van der Waals surface area contributed by atoms with Crippen LogP contribution >= 0.6 is 27.3 Å². The van der Waals surface area contributed by atoms with Crippen molar-refractivity contribution < 1.29 is 0 Å². The van der Waals surface area contributed by atoms with Gasteiger partial charge in [-0.2, -0.15) is 0 Å². The number of hydrogen-bond donors (Lipinski definition) is 1. The lowest BCUT2D eigenvalue weighted by atomic mass is 9.97. The lowest BCUT2D eigenvalue weighted by molar-refractivity contribution is 0.631. The number of halogens is 1. The normalized spacial score (nSPS) is 14.9. The van der Waals surface area contributed by atoms with E-state index in [4.69, 9.17) is 0 Å². The topological polar surface area (TPSA) is 24.9 Å². The average molecular weight is 377 g/mol. The second kappa shape index (κ2) is 8.04. The molecule has 1 aliphatic carbocycles. The van der Waals surface area contributed by atoms with Crippen molar-refractivity contribution in [3.8, 4) is 10.4 Å². The largest absolute Gasteiger partial charge is 0.310 e. The number of nitrogens with one attached hydrogen (secondary N) is 1. The van der Waals surface area contributed by atoms with Crippen LogP contribution in [-0.2, 0) is 6.54 Å². The molecule has 4 heteroatoms. The Labute approximate surface area is 144 Å². The molecule has 0 radical (unpaired) electrons. The Morgan fingerprint density at radius 2 is 2.05 bits per heavy atom. The Hall–Kier alpha value is -0.970. The Kier molecular flexibility index (Phi) is 5.82. The summed E-state index contributed by atoms with van der Waals surface area (Å²) < 4.78 is 1.11. The molecular weight excluding hydrogens is 356 g/mol. The van der Waals surface area contributed by atoms with E-state index in [0.717, 1.165) is 22.6 Å². The van der Waals surface area contributed by atoms with Gasteiger partial charge in [0.1, 0.15) is 5.01 Å². The Bertz CT molecular complexity index is 631. The first-order valence-electron chi connectivity index (χ1n) is 7.90. The minimum Gasteiger partial charge on any atom is -0.310 e. The van der Waals surface area contributed by atoms with Crippen molar-refractivity contribution in [1.82, 2.24) is 10.3 Å². The van der Waals surface area contributed by atoms with E-state index in [9.17, 15) is 0 Å². The van der Waals surface area contributed by atoms with Gasteiger partial charge in [0, 0.05) is 17.2 Å². The maximum absolute atomic E-state index is 4.53. The number of benzene rings is 1. The third kappa shape index (κ3) is 4.51. The molecule has 116 valence electrons. The minimum absolute atomic E-state index is 0.870. The molecule has 0 amide bonds. The van der Waals surface area contributed by atoms with E-state index in [1.807, 2.05) is 6.20 Å². The smallest absolute Gasteiger partial charge is 0.107 e. The maximum Gasteiger partial charge on any atom is 0.107 e. The van der Waals surface area contributed by atoms with Gasteiger partial charge in [-0.25, -0.2) is 4.98 Å². The molecule has 2 nitrogen and oxygen atoms in total. The summed E-state index contributed by atoms with van der Waals surface area (Å²) in [4.78, 5) is 5.76. The van der Waals surface area contributed by atoms with Crippen LogP contribution in [-0.4, -0.2) is 11.5 Å². The summed E-state index contributed by atoms with van der Waals surface area (Å²) in [6.07, 6.45) is 10.9. The molecule has 1 aliphatic rings. The number of aromatic nitrogens is 1. The summed E-state index contributed by atoms with van der Waals surface area (Å²) in [5, 5.41) is 4.69. The van der Waals surface area contributed by atoms with Gasteiger partial charge in [-0.15, -0.1) is 11.3 Å². The van der Waals surface area contributed by atoms with Crippen LogP contribution in [0.4, 0.5) is 0 Å². The zero-order valence-corrected chi connectivity index (χ0v) is 15.0. The molecule has 1 heterocycles. The third-order valence-corrected chi connectivity index (χ3v) is 5.54. The molecule has 0 saturated carbocycles. The standard InChI is InChI=1S/C18H21BrN2S/c19-16-8-6-15(7-9-16)17-12-21-18(22-17)13-20-11-10-14-4-2-1-3-5-14/h4,6-9,12,20H,1-3,5,10-11,13H2. The van der Waals surface area contributed by atoms with Crippen LogP contribution in [0.3, 0.4) is 0 Å². The van der Waals surface area contributed by atoms with Gasteiger partial charge in [-0.05, 0) is 56.3 Å². The fourth-order valence-electron chi connectivity index (χ4n) is 2.72. The molecule has 2 aromatic rings. The van der Waals surface area contributed by atoms with E-state index in [1.54, 1.807) is 16.9 Å². The van der Waals surface area contributed by atoms with Crippen LogP contribution < -0.4 is 5.32 Å². The van der Waals surface area contributed by atoms with Crippen molar-refractivity contribution in [3.05, 3.63) is 51.6 Å². The van der Waals surface area contributed by atoms with Gasteiger partial charge in [0.05, 0.1) is 4.88 Å². The van der Waals surface area contributed by atoms with Gasteiger partial charge < -0.3 is 5.32 Å². The van der Waals surface area contributed by atoms with Crippen LogP contribution in [0.2, 0.25) is 0 Å². The molecule has 0 saturated heterocycles. The molecule has 0 spiro atoms. The molecule has 1 aromatic heterocycles. The second-order valence-corrected chi connectivity index (χ2v) is 7.69. The summed E-state index contributed by atoms with van der Waals surface area (Å²) >= 11 is 5.25. The van der Waals surface area contributed by atoms with E-state index in [-0.39, 0.29) is 0 Å². The Morgan fingerprint density at radius 3 is 2.82 bits per heavy atom. The van der Waals surface area contributed by atoms with Crippen LogP contribution in [0.1, 0.15) is 37.1 Å². The first-order chi connectivity index (χ1) is 10.8. The Morgan fingerprint density at radius 1 is 1.18 bits per heavy atom. The molecule has 0 aliphatic heterocycles. The van der Waals surface area contributed by atoms with E-state index in [1.165, 1.54) is 42.5 Å². The van der Waals surface area contributed by atoms with Gasteiger partial charge in [-0.1, -0.05) is 39.7 Å². The summed E-state index contributed by atoms with van der Waals surface area (Å²) in [5.74, 6) is 0. The van der Waals surface area contributed by atoms with E-state index in [0.29, 0.717) is 0 Å². The van der Waals surface area contributed by atoms with Crippen LogP contribution in [0.15, 0.2) is 46.6 Å². The highest BCUT2D eigenvalue weighted by atomic mass is 79.9. The molecule has 0 fully saturated rings. The first kappa shape index (κ1) is 15.9. The lowest BCUT2D eigenvalue weighted by Gasteiger charge is -2.12. The molecule has 0 bridgehead atoms. The number of nitrogens with zero attached hydrogens (tertiary/aromatic N) is 1.